The summed E-state index contributed by atoms with van der Waals surface area (Å²) in [6.07, 6.45) is 0. The Labute approximate surface area is 125 Å². The molecule has 0 radical (unpaired) electrons. The highest BCUT2D eigenvalue weighted by atomic mass is 127. The molecular weight excluding hydrogens is 395 g/mol. The summed E-state index contributed by atoms with van der Waals surface area (Å²) in [6.45, 7) is 4.51. The lowest BCUT2D eigenvalue weighted by Gasteiger charge is -2.08. The first-order chi connectivity index (χ1) is 8.24. The molecule has 17 heavy (non-hydrogen) atoms. The Balaban J connectivity index is 2.15. The highest BCUT2D eigenvalue weighted by Gasteiger charge is 1.99. The number of ether oxygens (including phenoxy) is 1. The topological polar surface area (TPSA) is 33.3 Å². The summed E-state index contributed by atoms with van der Waals surface area (Å²) in [5.41, 5.74) is 1.33. The van der Waals surface area contributed by atoms with Crippen LogP contribution in [0.25, 0.3) is 0 Å². The Morgan fingerprint density at radius 1 is 1.24 bits per heavy atom. The van der Waals surface area contributed by atoms with E-state index in [-0.39, 0.29) is 0 Å². The summed E-state index contributed by atoms with van der Waals surface area (Å²) in [6, 6.07) is 6.35. The van der Waals surface area contributed by atoms with E-state index < -0.39 is 0 Å². The van der Waals surface area contributed by atoms with E-state index in [1.807, 2.05) is 0 Å². The minimum Gasteiger partial charge on any atom is -0.383 e. The lowest BCUT2D eigenvalue weighted by molar-refractivity contribution is 0.199. The van der Waals surface area contributed by atoms with Crippen molar-refractivity contribution >= 4 is 38.5 Å². The van der Waals surface area contributed by atoms with Crippen molar-refractivity contribution in [3.63, 3.8) is 0 Å². The molecule has 5 heteroatoms. The minimum absolute atomic E-state index is 0.767. The third-order valence-electron chi connectivity index (χ3n) is 2.28. The minimum atomic E-state index is 0.767. The van der Waals surface area contributed by atoms with Crippen LogP contribution in [-0.2, 0) is 11.3 Å². The van der Waals surface area contributed by atoms with Gasteiger partial charge in [0.25, 0.3) is 0 Å². The summed E-state index contributed by atoms with van der Waals surface area (Å²) in [4.78, 5) is 0. The number of rotatable bonds is 8. The predicted octanol–water partition coefficient (Wildman–Crippen LogP) is 2.38. The van der Waals surface area contributed by atoms with Gasteiger partial charge in [-0.15, -0.1) is 0 Å². The zero-order chi connectivity index (χ0) is 12.5. The number of benzene rings is 1. The normalized spacial score (nSPS) is 10.8. The number of hydrogen-bond donors (Lipinski definition) is 2. The molecule has 3 nitrogen and oxygen atoms in total. The van der Waals surface area contributed by atoms with Gasteiger partial charge >= 0.3 is 0 Å². The van der Waals surface area contributed by atoms with Gasteiger partial charge in [0.15, 0.2) is 0 Å². The van der Waals surface area contributed by atoms with Crippen LogP contribution in [0.15, 0.2) is 22.7 Å². The van der Waals surface area contributed by atoms with Crippen LogP contribution >= 0.6 is 38.5 Å². The first-order valence-corrected chi connectivity index (χ1v) is 7.45. The van der Waals surface area contributed by atoms with Crippen LogP contribution < -0.4 is 10.6 Å². The van der Waals surface area contributed by atoms with Crippen LogP contribution in [0.5, 0.6) is 0 Å². The molecule has 0 fully saturated rings. The van der Waals surface area contributed by atoms with Crippen molar-refractivity contribution in [2.24, 2.45) is 0 Å². The molecule has 0 unspecified atom stereocenters. The molecule has 0 atom stereocenters. The monoisotopic (exact) mass is 412 g/mol. The van der Waals surface area contributed by atoms with Gasteiger partial charge in [0.2, 0.25) is 0 Å². The molecular formula is C12H18BrIN2O. The maximum absolute atomic E-state index is 4.96. The molecule has 1 aromatic carbocycles. The summed E-state index contributed by atoms with van der Waals surface area (Å²) >= 11 is 5.85. The van der Waals surface area contributed by atoms with Gasteiger partial charge in [-0.1, -0.05) is 15.9 Å². The van der Waals surface area contributed by atoms with Gasteiger partial charge in [-0.25, -0.2) is 0 Å². The molecule has 0 aliphatic heterocycles. The molecule has 1 rings (SSSR count). The first kappa shape index (κ1) is 15.4. The van der Waals surface area contributed by atoms with E-state index in [2.05, 4.69) is 67.4 Å². The van der Waals surface area contributed by atoms with Crippen LogP contribution in [0.3, 0.4) is 0 Å². The third-order valence-corrected chi connectivity index (χ3v) is 3.83. The van der Waals surface area contributed by atoms with Crippen LogP contribution in [0.4, 0.5) is 0 Å². The average molecular weight is 413 g/mol. The Hall–Kier alpha value is 0.310. The van der Waals surface area contributed by atoms with Gasteiger partial charge in [0.1, 0.15) is 0 Å². The molecule has 0 amide bonds. The molecule has 0 heterocycles. The molecule has 0 aromatic heterocycles. The largest absolute Gasteiger partial charge is 0.383 e. The van der Waals surface area contributed by atoms with Crippen LogP contribution in [0, 0.1) is 3.57 Å². The molecule has 0 aliphatic rings. The lowest BCUT2D eigenvalue weighted by Crippen LogP contribution is -2.29. The van der Waals surface area contributed by atoms with Crippen molar-refractivity contribution in [1.29, 1.82) is 0 Å². The fourth-order valence-electron chi connectivity index (χ4n) is 1.38. The van der Waals surface area contributed by atoms with Crippen molar-refractivity contribution in [3.05, 3.63) is 31.8 Å². The van der Waals surface area contributed by atoms with E-state index in [4.69, 9.17) is 4.74 Å². The van der Waals surface area contributed by atoms with Gasteiger partial charge in [-0.3, -0.25) is 0 Å². The maximum Gasteiger partial charge on any atom is 0.0587 e. The number of methoxy groups -OCH3 is 1. The molecule has 2 N–H and O–H groups in total. The zero-order valence-electron chi connectivity index (χ0n) is 9.93. The second-order valence-corrected chi connectivity index (χ2v) is 5.73. The van der Waals surface area contributed by atoms with Gasteiger partial charge < -0.3 is 15.4 Å². The lowest BCUT2D eigenvalue weighted by atomic mass is 10.2. The van der Waals surface area contributed by atoms with Crippen molar-refractivity contribution in [1.82, 2.24) is 10.6 Å². The van der Waals surface area contributed by atoms with Gasteiger partial charge in [-0.2, -0.15) is 0 Å². The maximum atomic E-state index is 4.96. The van der Waals surface area contributed by atoms with Crippen molar-refractivity contribution in [2.45, 2.75) is 6.54 Å². The van der Waals surface area contributed by atoms with Crippen LogP contribution in [0.1, 0.15) is 5.56 Å². The van der Waals surface area contributed by atoms with Gasteiger partial charge in [0, 0.05) is 41.3 Å². The molecule has 1 aromatic rings. The smallest absolute Gasteiger partial charge is 0.0587 e. The van der Waals surface area contributed by atoms with Gasteiger partial charge in [-0.05, 0) is 46.4 Å². The van der Waals surface area contributed by atoms with E-state index in [0.29, 0.717) is 0 Å². The molecule has 96 valence electrons. The molecule has 0 spiro atoms. The number of hydrogen-bond acceptors (Lipinski definition) is 3. The summed E-state index contributed by atoms with van der Waals surface area (Å²) in [5, 5.41) is 6.72. The average Bonchev–Trinajstić information content (AvgIpc) is 2.32. The first-order valence-electron chi connectivity index (χ1n) is 5.58. The molecule has 0 aliphatic carbocycles. The zero-order valence-corrected chi connectivity index (χ0v) is 13.7. The standard InChI is InChI=1S/C12H18BrIN2O/c1-17-7-6-15-4-5-16-9-10-8-11(13)2-3-12(10)14/h2-3,8,15-16H,4-7,9H2,1H3. The summed E-state index contributed by atoms with van der Waals surface area (Å²) in [7, 11) is 1.72. The van der Waals surface area contributed by atoms with Crippen molar-refractivity contribution in [3.8, 4) is 0 Å². The van der Waals surface area contributed by atoms with E-state index in [1.165, 1.54) is 9.13 Å². The number of nitrogens with one attached hydrogen (secondary N) is 2. The Bertz CT molecular complexity index is 336. The second-order valence-electron chi connectivity index (χ2n) is 3.66. The Kier molecular flexibility index (Phi) is 8.38. The quantitative estimate of drug-likeness (QED) is 0.508. The van der Waals surface area contributed by atoms with E-state index in [0.717, 1.165) is 37.3 Å². The predicted molar refractivity (Wildman–Crippen MR) is 83.3 cm³/mol. The summed E-state index contributed by atoms with van der Waals surface area (Å²) < 4.78 is 7.39. The van der Waals surface area contributed by atoms with E-state index in [9.17, 15) is 0 Å². The molecule has 0 bridgehead atoms. The number of halogens is 2. The Morgan fingerprint density at radius 2 is 2.00 bits per heavy atom. The van der Waals surface area contributed by atoms with Crippen LogP contribution in [-0.4, -0.2) is 33.4 Å². The molecule has 0 saturated carbocycles. The fourth-order valence-corrected chi connectivity index (χ4v) is 2.31. The Morgan fingerprint density at radius 3 is 2.76 bits per heavy atom. The van der Waals surface area contributed by atoms with Gasteiger partial charge in [0.05, 0.1) is 6.61 Å². The SMILES string of the molecule is COCCNCCNCc1cc(Br)ccc1I. The highest BCUT2D eigenvalue weighted by Crippen LogP contribution is 2.17. The summed E-state index contributed by atoms with van der Waals surface area (Å²) in [5.74, 6) is 0. The highest BCUT2D eigenvalue weighted by molar-refractivity contribution is 14.1. The third kappa shape index (κ3) is 6.71. The van der Waals surface area contributed by atoms with Crippen LogP contribution in [0.2, 0.25) is 0 Å². The molecule has 0 saturated heterocycles. The van der Waals surface area contributed by atoms with E-state index >= 15 is 0 Å². The second kappa shape index (κ2) is 9.27. The van der Waals surface area contributed by atoms with Crippen molar-refractivity contribution < 1.29 is 4.74 Å². The van der Waals surface area contributed by atoms with Crippen molar-refractivity contribution in [2.75, 3.05) is 33.4 Å². The van der Waals surface area contributed by atoms with E-state index in [1.54, 1.807) is 7.11 Å². The fraction of sp³-hybridized carbons (Fsp3) is 0.500.